The second kappa shape index (κ2) is 5.84. The molecule has 0 heterocycles. The van der Waals surface area contributed by atoms with Gasteiger partial charge in [-0.2, -0.15) is 0 Å². The first-order valence-electron chi connectivity index (χ1n) is 6.02. The molecule has 0 unspecified atom stereocenters. The SMILES string of the molecule is COC(=O)c1cc(C)ccc1NC(=O)C(C)(C)CN. The average molecular weight is 264 g/mol. The van der Waals surface area contributed by atoms with Crippen LogP contribution in [0.3, 0.4) is 0 Å². The number of nitrogens with one attached hydrogen (secondary N) is 1. The number of esters is 1. The summed E-state index contributed by atoms with van der Waals surface area (Å²) in [6.07, 6.45) is 0. The van der Waals surface area contributed by atoms with Crippen molar-refractivity contribution in [2.45, 2.75) is 20.8 Å². The van der Waals surface area contributed by atoms with Crippen LogP contribution in [-0.4, -0.2) is 25.5 Å². The molecule has 3 N–H and O–H groups in total. The lowest BCUT2D eigenvalue weighted by atomic mass is 9.92. The van der Waals surface area contributed by atoms with Gasteiger partial charge in [-0.1, -0.05) is 11.6 Å². The van der Waals surface area contributed by atoms with Crippen molar-refractivity contribution in [3.05, 3.63) is 29.3 Å². The zero-order valence-corrected chi connectivity index (χ0v) is 11.7. The van der Waals surface area contributed by atoms with Gasteiger partial charge in [-0.25, -0.2) is 4.79 Å². The van der Waals surface area contributed by atoms with E-state index in [9.17, 15) is 9.59 Å². The van der Waals surface area contributed by atoms with E-state index in [1.807, 2.05) is 13.0 Å². The minimum Gasteiger partial charge on any atom is -0.465 e. The Morgan fingerprint density at radius 1 is 1.37 bits per heavy atom. The lowest BCUT2D eigenvalue weighted by molar-refractivity contribution is -0.123. The number of hydrogen-bond acceptors (Lipinski definition) is 4. The van der Waals surface area contributed by atoms with Crippen molar-refractivity contribution in [2.75, 3.05) is 19.0 Å². The molecule has 0 bridgehead atoms. The molecule has 5 heteroatoms. The van der Waals surface area contributed by atoms with Crippen molar-refractivity contribution in [1.29, 1.82) is 0 Å². The maximum Gasteiger partial charge on any atom is 0.339 e. The Hall–Kier alpha value is -1.88. The zero-order chi connectivity index (χ0) is 14.6. The topological polar surface area (TPSA) is 81.4 Å². The van der Waals surface area contributed by atoms with Gasteiger partial charge in [-0.05, 0) is 32.9 Å². The monoisotopic (exact) mass is 264 g/mol. The van der Waals surface area contributed by atoms with Gasteiger partial charge in [0.1, 0.15) is 0 Å². The smallest absolute Gasteiger partial charge is 0.339 e. The van der Waals surface area contributed by atoms with Crippen LogP contribution in [0.4, 0.5) is 5.69 Å². The summed E-state index contributed by atoms with van der Waals surface area (Å²) in [7, 11) is 1.31. The summed E-state index contributed by atoms with van der Waals surface area (Å²) in [5, 5.41) is 2.72. The number of ether oxygens (including phenoxy) is 1. The van der Waals surface area contributed by atoms with Crippen LogP contribution in [-0.2, 0) is 9.53 Å². The molecule has 0 aliphatic rings. The molecule has 0 saturated carbocycles. The summed E-state index contributed by atoms with van der Waals surface area (Å²) in [4.78, 5) is 23.8. The second-order valence-corrected chi connectivity index (χ2v) is 5.08. The molecule has 5 nitrogen and oxygen atoms in total. The van der Waals surface area contributed by atoms with Gasteiger partial charge in [-0.15, -0.1) is 0 Å². The average Bonchev–Trinajstić information content (AvgIpc) is 2.39. The van der Waals surface area contributed by atoms with E-state index >= 15 is 0 Å². The minimum absolute atomic E-state index is 0.220. The first-order valence-corrected chi connectivity index (χ1v) is 6.02. The maximum absolute atomic E-state index is 12.1. The van der Waals surface area contributed by atoms with Crippen molar-refractivity contribution >= 4 is 17.6 Å². The van der Waals surface area contributed by atoms with Crippen LogP contribution < -0.4 is 11.1 Å². The van der Waals surface area contributed by atoms with E-state index in [1.165, 1.54) is 7.11 Å². The summed E-state index contributed by atoms with van der Waals surface area (Å²) >= 11 is 0. The van der Waals surface area contributed by atoms with E-state index < -0.39 is 11.4 Å². The third-order valence-corrected chi connectivity index (χ3v) is 2.95. The molecule has 0 aromatic heterocycles. The van der Waals surface area contributed by atoms with Crippen LogP contribution in [0.5, 0.6) is 0 Å². The fourth-order valence-electron chi connectivity index (χ4n) is 1.43. The molecule has 0 aliphatic carbocycles. The van der Waals surface area contributed by atoms with E-state index in [-0.39, 0.29) is 12.5 Å². The van der Waals surface area contributed by atoms with Gasteiger partial charge in [0.2, 0.25) is 5.91 Å². The first kappa shape index (κ1) is 15.2. The Labute approximate surface area is 113 Å². The third-order valence-electron chi connectivity index (χ3n) is 2.95. The lowest BCUT2D eigenvalue weighted by Gasteiger charge is -2.22. The largest absolute Gasteiger partial charge is 0.465 e. The molecule has 0 fully saturated rings. The Kier molecular flexibility index (Phi) is 4.67. The van der Waals surface area contributed by atoms with E-state index in [0.29, 0.717) is 11.3 Å². The van der Waals surface area contributed by atoms with Crippen molar-refractivity contribution in [3.8, 4) is 0 Å². The molecule has 0 atom stereocenters. The number of aryl methyl sites for hydroxylation is 1. The standard InChI is InChI=1S/C14H20N2O3/c1-9-5-6-11(10(7-9)12(17)19-4)16-13(18)14(2,3)8-15/h5-7H,8,15H2,1-4H3,(H,16,18). The molecular weight excluding hydrogens is 244 g/mol. The Morgan fingerprint density at radius 2 is 2.00 bits per heavy atom. The molecule has 0 radical (unpaired) electrons. The zero-order valence-electron chi connectivity index (χ0n) is 11.7. The highest BCUT2D eigenvalue weighted by Crippen LogP contribution is 2.22. The summed E-state index contributed by atoms with van der Waals surface area (Å²) in [5.41, 5.74) is 6.54. The number of amides is 1. The second-order valence-electron chi connectivity index (χ2n) is 5.08. The van der Waals surface area contributed by atoms with E-state index in [2.05, 4.69) is 5.32 Å². The Bertz CT molecular complexity index is 495. The number of anilines is 1. The van der Waals surface area contributed by atoms with Crippen LogP contribution in [0.25, 0.3) is 0 Å². The highest BCUT2D eigenvalue weighted by Gasteiger charge is 2.27. The summed E-state index contributed by atoms with van der Waals surface area (Å²) in [5.74, 6) is -0.714. The van der Waals surface area contributed by atoms with Gasteiger partial charge in [0, 0.05) is 6.54 Å². The lowest BCUT2D eigenvalue weighted by Crippen LogP contribution is -2.37. The van der Waals surface area contributed by atoms with Crippen molar-refractivity contribution in [3.63, 3.8) is 0 Å². The number of carbonyl (C=O) groups excluding carboxylic acids is 2. The Morgan fingerprint density at radius 3 is 2.53 bits per heavy atom. The number of hydrogen-bond donors (Lipinski definition) is 2. The molecule has 1 amide bonds. The molecule has 1 rings (SSSR count). The van der Waals surface area contributed by atoms with Crippen molar-refractivity contribution in [2.24, 2.45) is 11.1 Å². The van der Waals surface area contributed by atoms with Crippen LogP contribution >= 0.6 is 0 Å². The highest BCUT2D eigenvalue weighted by atomic mass is 16.5. The molecule has 0 aliphatic heterocycles. The quantitative estimate of drug-likeness (QED) is 0.811. The summed E-state index contributed by atoms with van der Waals surface area (Å²) < 4.78 is 4.71. The van der Waals surface area contributed by atoms with Crippen LogP contribution in [0.1, 0.15) is 29.8 Å². The fourth-order valence-corrected chi connectivity index (χ4v) is 1.43. The molecule has 104 valence electrons. The molecule has 19 heavy (non-hydrogen) atoms. The number of methoxy groups -OCH3 is 1. The summed E-state index contributed by atoms with van der Waals surface area (Å²) in [6.45, 7) is 5.57. The van der Waals surface area contributed by atoms with Gasteiger partial charge in [0.05, 0.1) is 23.8 Å². The summed E-state index contributed by atoms with van der Waals surface area (Å²) in [6, 6.07) is 5.18. The molecule has 0 saturated heterocycles. The van der Waals surface area contributed by atoms with E-state index in [1.54, 1.807) is 26.0 Å². The molecule has 0 spiro atoms. The van der Waals surface area contributed by atoms with E-state index in [4.69, 9.17) is 10.5 Å². The molecule has 1 aromatic rings. The molecule has 1 aromatic carbocycles. The van der Waals surface area contributed by atoms with Crippen molar-refractivity contribution < 1.29 is 14.3 Å². The van der Waals surface area contributed by atoms with Gasteiger partial charge in [0.15, 0.2) is 0 Å². The predicted molar refractivity (Wildman–Crippen MR) is 74.0 cm³/mol. The Balaban J connectivity index is 3.08. The molecular formula is C14H20N2O3. The van der Waals surface area contributed by atoms with Gasteiger partial charge in [0.25, 0.3) is 0 Å². The third kappa shape index (κ3) is 3.54. The fraction of sp³-hybridized carbons (Fsp3) is 0.429. The maximum atomic E-state index is 12.1. The highest BCUT2D eigenvalue weighted by molar-refractivity contribution is 6.02. The normalized spacial score (nSPS) is 11.0. The number of nitrogens with two attached hydrogens (primary N) is 1. The first-order chi connectivity index (χ1) is 8.81. The number of carbonyl (C=O) groups is 2. The predicted octanol–water partition coefficient (Wildman–Crippen LogP) is 1.71. The van der Waals surface area contributed by atoms with Crippen molar-refractivity contribution in [1.82, 2.24) is 0 Å². The van der Waals surface area contributed by atoms with Crippen LogP contribution in [0.2, 0.25) is 0 Å². The van der Waals surface area contributed by atoms with Gasteiger partial charge >= 0.3 is 5.97 Å². The van der Waals surface area contributed by atoms with Crippen LogP contribution in [0.15, 0.2) is 18.2 Å². The van der Waals surface area contributed by atoms with E-state index in [0.717, 1.165) is 5.56 Å². The van der Waals surface area contributed by atoms with Crippen LogP contribution in [0, 0.1) is 12.3 Å². The number of rotatable bonds is 4. The number of benzene rings is 1. The minimum atomic E-state index is -0.696. The van der Waals surface area contributed by atoms with Gasteiger partial charge < -0.3 is 15.8 Å². The van der Waals surface area contributed by atoms with Gasteiger partial charge in [-0.3, -0.25) is 4.79 Å².